The molecule has 0 atom stereocenters. The Bertz CT molecular complexity index is 317. The zero-order valence-electron chi connectivity index (χ0n) is 6.67. The van der Waals surface area contributed by atoms with Crippen LogP contribution < -0.4 is 0 Å². The van der Waals surface area contributed by atoms with Gasteiger partial charge in [-0.05, 0) is 12.1 Å². The molecule has 1 rings (SSSR count). The smallest absolute Gasteiger partial charge is 0.261 e. The van der Waals surface area contributed by atoms with E-state index in [4.69, 9.17) is 0 Å². The molecule has 1 aromatic rings. The van der Waals surface area contributed by atoms with Gasteiger partial charge in [-0.1, -0.05) is 0 Å². The molecule has 0 aliphatic heterocycles. The molecule has 72 valence electrons. The van der Waals surface area contributed by atoms with Gasteiger partial charge in [-0.3, -0.25) is 4.68 Å². The fourth-order valence-electron chi connectivity index (χ4n) is 0.862. The second kappa shape index (κ2) is 3.15. The highest BCUT2D eigenvalue weighted by Gasteiger charge is 2.28. The van der Waals surface area contributed by atoms with E-state index in [2.05, 4.69) is 10.3 Å². The molecule has 0 amide bonds. The third-order valence-corrected chi connectivity index (χ3v) is 1.36. The third kappa shape index (κ3) is 2.53. The first-order chi connectivity index (χ1) is 5.92. The Morgan fingerprint density at radius 1 is 1.62 bits per heavy atom. The molecule has 0 saturated heterocycles. The first-order valence-corrected chi connectivity index (χ1v) is 3.36. The van der Waals surface area contributed by atoms with Gasteiger partial charge in [0, 0.05) is 0 Å². The summed E-state index contributed by atoms with van der Waals surface area (Å²) in [5, 5.41) is 5.99. The maximum atomic E-state index is 11.8. The van der Waals surface area contributed by atoms with Gasteiger partial charge in [0.2, 0.25) is 0 Å². The van der Waals surface area contributed by atoms with Gasteiger partial charge in [-0.25, -0.2) is 0 Å². The number of nitroso groups, excluding NO2 is 1. The lowest BCUT2D eigenvalue weighted by molar-refractivity contribution is -0.142. The number of rotatable bonds is 2. The molecule has 0 radical (unpaired) electrons. The molecule has 0 N–H and O–H groups in total. The summed E-state index contributed by atoms with van der Waals surface area (Å²) in [4.78, 5) is 10.0. The molecule has 13 heavy (non-hydrogen) atoms. The molecule has 0 aromatic carbocycles. The van der Waals surface area contributed by atoms with E-state index in [0.717, 1.165) is 6.20 Å². The molecule has 0 aliphatic rings. The molecule has 0 bridgehead atoms. The number of hydrogen-bond acceptors (Lipinski definition) is 3. The molecule has 0 fully saturated rings. The fourth-order valence-corrected chi connectivity index (χ4v) is 0.862. The van der Waals surface area contributed by atoms with E-state index < -0.39 is 12.7 Å². The highest BCUT2D eigenvalue weighted by Crippen LogP contribution is 2.21. The van der Waals surface area contributed by atoms with Gasteiger partial charge in [-0.15, -0.1) is 4.91 Å². The molecule has 0 spiro atoms. The Hall–Kier alpha value is -1.40. The molecule has 4 nitrogen and oxygen atoms in total. The third-order valence-electron chi connectivity index (χ3n) is 1.36. The predicted octanol–water partition coefficient (Wildman–Crippen LogP) is 2.15. The van der Waals surface area contributed by atoms with E-state index in [9.17, 15) is 18.1 Å². The van der Waals surface area contributed by atoms with Crippen molar-refractivity contribution in [3.63, 3.8) is 0 Å². The summed E-state index contributed by atoms with van der Waals surface area (Å²) in [6.07, 6.45) is -3.37. The summed E-state index contributed by atoms with van der Waals surface area (Å²) < 4.78 is 36.1. The number of alkyl halides is 3. The summed E-state index contributed by atoms with van der Waals surface area (Å²) in [6.45, 7) is 0.215. The summed E-state index contributed by atoms with van der Waals surface area (Å²) in [5.74, 6) is 0. The van der Waals surface area contributed by atoms with Crippen LogP contribution in [0, 0.1) is 11.8 Å². The lowest BCUT2D eigenvalue weighted by atomic mass is 10.4. The van der Waals surface area contributed by atoms with Crippen LogP contribution in [0.5, 0.6) is 0 Å². The van der Waals surface area contributed by atoms with Gasteiger partial charge >= 0.3 is 6.18 Å². The maximum Gasteiger partial charge on any atom is 0.408 e. The van der Waals surface area contributed by atoms with Crippen molar-refractivity contribution in [1.29, 1.82) is 0 Å². The maximum absolute atomic E-state index is 11.8. The number of aromatic nitrogens is 2. The quantitative estimate of drug-likeness (QED) is 0.675. The first-order valence-electron chi connectivity index (χ1n) is 3.36. The van der Waals surface area contributed by atoms with E-state index in [-0.39, 0.29) is 11.4 Å². The Balaban J connectivity index is 2.85. The van der Waals surface area contributed by atoms with E-state index in [1.165, 1.54) is 6.92 Å². The molecule has 1 aromatic heterocycles. The van der Waals surface area contributed by atoms with Gasteiger partial charge in [0.05, 0.1) is 11.9 Å². The number of aryl methyl sites for hydroxylation is 1. The van der Waals surface area contributed by atoms with Gasteiger partial charge < -0.3 is 0 Å². The minimum atomic E-state index is -4.33. The summed E-state index contributed by atoms with van der Waals surface area (Å²) in [7, 11) is 0. The van der Waals surface area contributed by atoms with Crippen LogP contribution in [0.4, 0.5) is 18.9 Å². The Labute approximate surface area is 71.3 Å². The molecule has 1 heterocycles. The molecule has 0 saturated carbocycles. The predicted molar refractivity (Wildman–Crippen MR) is 38.5 cm³/mol. The largest absolute Gasteiger partial charge is 0.408 e. The number of nitrogens with zero attached hydrogens (tertiary/aromatic N) is 3. The highest BCUT2D eigenvalue weighted by atomic mass is 19.4. The standard InChI is InChI=1S/C6H6F3N3O/c1-4-5(11-13)2-12(10-4)3-6(7,8)9/h2H,3H2,1H3. The van der Waals surface area contributed by atoms with Crippen molar-refractivity contribution in [2.45, 2.75) is 19.6 Å². The SMILES string of the molecule is Cc1nn(CC(F)(F)F)cc1N=O. The van der Waals surface area contributed by atoms with Crippen LogP contribution in [0.15, 0.2) is 11.4 Å². The molecule has 0 unspecified atom stereocenters. The fraction of sp³-hybridized carbons (Fsp3) is 0.500. The van der Waals surface area contributed by atoms with Crippen LogP contribution in [-0.4, -0.2) is 16.0 Å². The minimum absolute atomic E-state index is 0.0655. The van der Waals surface area contributed by atoms with Crippen LogP contribution in [-0.2, 0) is 6.54 Å². The van der Waals surface area contributed by atoms with Crippen molar-refractivity contribution in [2.24, 2.45) is 5.18 Å². The average Bonchev–Trinajstić information content (AvgIpc) is 2.26. The average molecular weight is 193 g/mol. The minimum Gasteiger partial charge on any atom is -0.261 e. The van der Waals surface area contributed by atoms with Crippen LogP contribution >= 0.6 is 0 Å². The number of hydrogen-bond donors (Lipinski definition) is 0. The van der Waals surface area contributed by atoms with Crippen molar-refractivity contribution in [3.8, 4) is 0 Å². The second-order valence-electron chi connectivity index (χ2n) is 2.50. The zero-order valence-corrected chi connectivity index (χ0v) is 6.67. The summed E-state index contributed by atoms with van der Waals surface area (Å²) >= 11 is 0. The monoisotopic (exact) mass is 193 g/mol. The highest BCUT2D eigenvalue weighted by molar-refractivity contribution is 5.38. The van der Waals surface area contributed by atoms with Crippen LogP contribution in [0.2, 0.25) is 0 Å². The summed E-state index contributed by atoms with van der Waals surface area (Å²) in [5.41, 5.74) is 0.128. The normalized spacial score (nSPS) is 11.7. The van der Waals surface area contributed by atoms with Crippen LogP contribution in [0.1, 0.15) is 5.69 Å². The first kappa shape index (κ1) is 9.69. The van der Waals surface area contributed by atoms with E-state index in [1.54, 1.807) is 0 Å². The Morgan fingerprint density at radius 3 is 2.62 bits per heavy atom. The van der Waals surface area contributed by atoms with E-state index >= 15 is 0 Å². The molecular formula is C6H6F3N3O. The lowest BCUT2D eigenvalue weighted by Gasteiger charge is -2.04. The van der Waals surface area contributed by atoms with Crippen molar-refractivity contribution in [3.05, 3.63) is 16.8 Å². The molecular weight excluding hydrogens is 187 g/mol. The Kier molecular flexibility index (Phi) is 2.35. The van der Waals surface area contributed by atoms with E-state index in [1.807, 2.05) is 0 Å². The van der Waals surface area contributed by atoms with Crippen molar-refractivity contribution >= 4 is 5.69 Å². The van der Waals surface area contributed by atoms with Crippen molar-refractivity contribution in [1.82, 2.24) is 9.78 Å². The van der Waals surface area contributed by atoms with Crippen LogP contribution in [0.3, 0.4) is 0 Å². The number of halogens is 3. The van der Waals surface area contributed by atoms with Gasteiger partial charge in [-0.2, -0.15) is 18.3 Å². The van der Waals surface area contributed by atoms with Gasteiger partial charge in [0.25, 0.3) is 0 Å². The van der Waals surface area contributed by atoms with Gasteiger partial charge in [0.15, 0.2) is 0 Å². The molecule has 7 heteroatoms. The van der Waals surface area contributed by atoms with Gasteiger partial charge in [0.1, 0.15) is 12.2 Å². The van der Waals surface area contributed by atoms with Crippen LogP contribution in [0.25, 0.3) is 0 Å². The van der Waals surface area contributed by atoms with Crippen molar-refractivity contribution < 1.29 is 13.2 Å². The molecule has 0 aliphatic carbocycles. The van der Waals surface area contributed by atoms with Crippen molar-refractivity contribution in [2.75, 3.05) is 0 Å². The second-order valence-corrected chi connectivity index (χ2v) is 2.50. The Morgan fingerprint density at radius 2 is 2.23 bits per heavy atom. The zero-order chi connectivity index (χ0) is 10.1. The van der Waals surface area contributed by atoms with E-state index in [0.29, 0.717) is 4.68 Å². The summed E-state index contributed by atoms with van der Waals surface area (Å²) in [6, 6.07) is 0. The topological polar surface area (TPSA) is 47.2 Å². The lowest BCUT2D eigenvalue weighted by Crippen LogP contribution is -2.17.